The van der Waals surface area contributed by atoms with Crippen molar-refractivity contribution in [2.45, 2.75) is 25.3 Å². The Labute approximate surface area is 115 Å². The summed E-state index contributed by atoms with van der Waals surface area (Å²) in [7, 11) is 0. The molecule has 1 N–H and O–H groups in total. The van der Waals surface area contributed by atoms with Crippen LogP contribution in [0.15, 0.2) is 24.3 Å². The SMILES string of the molecule is OCC1c2ccccc2CCN1CC1CCOCC1. The topological polar surface area (TPSA) is 32.7 Å². The molecule has 0 saturated carbocycles. The lowest BCUT2D eigenvalue weighted by atomic mass is 9.91. The maximum Gasteiger partial charge on any atom is 0.0628 e. The monoisotopic (exact) mass is 261 g/mol. The average Bonchev–Trinajstić information content (AvgIpc) is 2.48. The van der Waals surface area contributed by atoms with E-state index in [1.54, 1.807) is 0 Å². The van der Waals surface area contributed by atoms with Gasteiger partial charge < -0.3 is 9.84 Å². The average molecular weight is 261 g/mol. The Bertz CT molecular complexity index is 415. The van der Waals surface area contributed by atoms with E-state index in [9.17, 15) is 5.11 Å². The Hall–Kier alpha value is -0.900. The van der Waals surface area contributed by atoms with E-state index in [4.69, 9.17) is 4.74 Å². The van der Waals surface area contributed by atoms with Crippen molar-refractivity contribution < 1.29 is 9.84 Å². The van der Waals surface area contributed by atoms with E-state index < -0.39 is 0 Å². The molecule has 3 nitrogen and oxygen atoms in total. The summed E-state index contributed by atoms with van der Waals surface area (Å²) in [5.74, 6) is 0.730. The molecule has 1 atom stereocenters. The number of benzene rings is 1. The zero-order chi connectivity index (χ0) is 13.1. The van der Waals surface area contributed by atoms with E-state index >= 15 is 0 Å². The summed E-state index contributed by atoms with van der Waals surface area (Å²) >= 11 is 0. The molecule has 19 heavy (non-hydrogen) atoms. The zero-order valence-corrected chi connectivity index (χ0v) is 11.4. The van der Waals surface area contributed by atoms with Crippen molar-refractivity contribution in [3.8, 4) is 0 Å². The van der Waals surface area contributed by atoms with Gasteiger partial charge in [-0.1, -0.05) is 24.3 Å². The van der Waals surface area contributed by atoms with Crippen LogP contribution < -0.4 is 0 Å². The van der Waals surface area contributed by atoms with Gasteiger partial charge in [-0.2, -0.15) is 0 Å². The summed E-state index contributed by atoms with van der Waals surface area (Å²) in [6.07, 6.45) is 3.43. The standard InChI is InChI=1S/C16H23NO2/c18-12-16-15-4-2-1-3-14(15)5-8-17(16)11-13-6-9-19-10-7-13/h1-4,13,16,18H,5-12H2. The maximum absolute atomic E-state index is 9.77. The first kappa shape index (κ1) is 13.1. The van der Waals surface area contributed by atoms with Gasteiger partial charge in [0.15, 0.2) is 0 Å². The second-order valence-corrected chi connectivity index (χ2v) is 5.70. The van der Waals surface area contributed by atoms with Crippen LogP contribution in [-0.2, 0) is 11.2 Å². The second kappa shape index (κ2) is 6.04. The highest BCUT2D eigenvalue weighted by molar-refractivity contribution is 5.32. The first-order valence-corrected chi connectivity index (χ1v) is 7.39. The molecule has 1 saturated heterocycles. The lowest BCUT2D eigenvalue weighted by molar-refractivity contribution is 0.0346. The van der Waals surface area contributed by atoms with Crippen molar-refractivity contribution in [3.05, 3.63) is 35.4 Å². The minimum Gasteiger partial charge on any atom is -0.394 e. The van der Waals surface area contributed by atoms with Crippen LogP contribution in [0.1, 0.15) is 30.0 Å². The quantitative estimate of drug-likeness (QED) is 0.903. The van der Waals surface area contributed by atoms with Gasteiger partial charge in [-0.3, -0.25) is 4.90 Å². The molecule has 0 bridgehead atoms. The molecule has 0 aromatic heterocycles. The van der Waals surface area contributed by atoms with Gasteiger partial charge in [0.2, 0.25) is 0 Å². The normalized spacial score (nSPS) is 25.2. The molecular formula is C16H23NO2. The summed E-state index contributed by atoms with van der Waals surface area (Å²) in [4.78, 5) is 2.47. The summed E-state index contributed by atoms with van der Waals surface area (Å²) in [5, 5.41) is 9.77. The molecule has 0 spiro atoms. The smallest absolute Gasteiger partial charge is 0.0628 e. The predicted molar refractivity (Wildman–Crippen MR) is 75.1 cm³/mol. The number of hydrogen-bond donors (Lipinski definition) is 1. The molecule has 2 aliphatic heterocycles. The Morgan fingerprint density at radius 1 is 1.21 bits per heavy atom. The minimum atomic E-state index is 0.188. The van der Waals surface area contributed by atoms with Crippen LogP contribution in [0.25, 0.3) is 0 Å². The number of nitrogens with zero attached hydrogens (tertiary/aromatic N) is 1. The molecule has 2 heterocycles. The predicted octanol–water partition coefficient (Wildman–Crippen LogP) is 2.00. The van der Waals surface area contributed by atoms with Crippen molar-refractivity contribution in [1.82, 2.24) is 4.90 Å². The molecule has 3 heteroatoms. The third kappa shape index (κ3) is 2.83. The Morgan fingerprint density at radius 3 is 2.79 bits per heavy atom. The molecule has 3 rings (SSSR count). The van der Waals surface area contributed by atoms with Crippen LogP contribution in [0.5, 0.6) is 0 Å². The third-order valence-corrected chi connectivity index (χ3v) is 4.53. The second-order valence-electron chi connectivity index (χ2n) is 5.70. The molecule has 104 valence electrons. The highest BCUT2D eigenvalue weighted by atomic mass is 16.5. The van der Waals surface area contributed by atoms with Crippen molar-refractivity contribution >= 4 is 0 Å². The van der Waals surface area contributed by atoms with Crippen molar-refractivity contribution in [2.75, 3.05) is 32.9 Å². The summed E-state index contributed by atoms with van der Waals surface area (Å²) in [6.45, 7) is 4.19. The van der Waals surface area contributed by atoms with Crippen LogP contribution in [0.4, 0.5) is 0 Å². The molecular weight excluding hydrogens is 238 g/mol. The highest BCUT2D eigenvalue weighted by Crippen LogP contribution is 2.31. The largest absolute Gasteiger partial charge is 0.394 e. The highest BCUT2D eigenvalue weighted by Gasteiger charge is 2.28. The fourth-order valence-corrected chi connectivity index (χ4v) is 3.40. The minimum absolute atomic E-state index is 0.188. The maximum atomic E-state index is 9.77. The summed E-state index contributed by atoms with van der Waals surface area (Å²) in [6, 6.07) is 8.74. The molecule has 2 aliphatic rings. The van der Waals surface area contributed by atoms with Crippen LogP contribution in [-0.4, -0.2) is 42.9 Å². The van der Waals surface area contributed by atoms with Crippen LogP contribution >= 0.6 is 0 Å². The zero-order valence-electron chi connectivity index (χ0n) is 11.4. The Morgan fingerprint density at radius 2 is 2.00 bits per heavy atom. The molecule has 0 aliphatic carbocycles. The van der Waals surface area contributed by atoms with Crippen LogP contribution in [0, 0.1) is 5.92 Å². The van der Waals surface area contributed by atoms with Crippen molar-refractivity contribution in [3.63, 3.8) is 0 Å². The Kier molecular flexibility index (Phi) is 4.16. The lowest BCUT2D eigenvalue weighted by Crippen LogP contribution is -2.41. The van der Waals surface area contributed by atoms with Crippen LogP contribution in [0.3, 0.4) is 0 Å². The van der Waals surface area contributed by atoms with Crippen molar-refractivity contribution in [1.29, 1.82) is 0 Å². The number of fused-ring (bicyclic) bond motifs is 1. The van der Waals surface area contributed by atoms with E-state index in [0.717, 1.165) is 51.5 Å². The van der Waals surface area contributed by atoms with Gasteiger partial charge in [-0.05, 0) is 36.3 Å². The van der Waals surface area contributed by atoms with E-state index in [2.05, 4.69) is 29.2 Å². The van der Waals surface area contributed by atoms with Gasteiger partial charge in [0.25, 0.3) is 0 Å². The number of ether oxygens (including phenoxy) is 1. The van der Waals surface area contributed by atoms with E-state index in [1.807, 2.05) is 0 Å². The first-order valence-electron chi connectivity index (χ1n) is 7.39. The van der Waals surface area contributed by atoms with Gasteiger partial charge in [0.05, 0.1) is 12.6 Å². The van der Waals surface area contributed by atoms with E-state index in [-0.39, 0.29) is 12.6 Å². The molecule has 1 aromatic carbocycles. The summed E-state index contributed by atoms with van der Waals surface area (Å²) in [5.41, 5.74) is 2.73. The lowest BCUT2D eigenvalue weighted by Gasteiger charge is -2.39. The van der Waals surface area contributed by atoms with Gasteiger partial charge in [-0.15, -0.1) is 0 Å². The molecule has 0 amide bonds. The number of hydrogen-bond acceptors (Lipinski definition) is 3. The molecule has 0 radical (unpaired) electrons. The van der Waals surface area contributed by atoms with E-state index in [0.29, 0.717) is 0 Å². The first-order chi connectivity index (χ1) is 9.38. The summed E-state index contributed by atoms with van der Waals surface area (Å²) < 4.78 is 5.43. The number of aliphatic hydroxyl groups excluding tert-OH is 1. The molecule has 1 aromatic rings. The van der Waals surface area contributed by atoms with Crippen molar-refractivity contribution in [2.24, 2.45) is 5.92 Å². The number of rotatable bonds is 3. The third-order valence-electron chi connectivity index (χ3n) is 4.53. The van der Waals surface area contributed by atoms with Crippen LogP contribution in [0.2, 0.25) is 0 Å². The van der Waals surface area contributed by atoms with Gasteiger partial charge in [-0.25, -0.2) is 0 Å². The molecule has 1 fully saturated rings. The molecule has 1 unspecified atom stereocenters. The Balaban J connectivity index is 1.72. The van der Waals surface area contributed by atoms with Gasteiger partial charge in [0.1, 0.15) is 0 Å². The number of aliphatic hydroxyl groups is 1. The fraction of sp³-hybridized carbons (Fsp3) is 0.625. The fourth-order valence-electron chi connectivity index (χ4n) is 3.40. The van der Waals surface area contributed by atoms with Gasteiger partial charge >= 0.3 is 0 Å². The van der Waals surface area contributed by atoms with E-state index in [1.165, 1.54) is 11.1 Å². The van der Waals surface area contributed by atoms with Gasteiger partial charge in [0, 0.05) is 26.3 Å².